The molecule has 2 heterocycles. The first kappa shape index (κ1) is 17.9. The summed E-state index contributed by atoms with van der Waals surface area (Å²) in [6.45, 7) is -0.0533. The molecular weight excluding hydrogens is 362 g/mol. The van der Waals surface area contributed by atoms with Crippen LogP contribution in [0.1, 0.15) is 26.7 Å². The van der Waals surface area contributed by atoms with Crippen LogP contribution in [0.2, 0.25) is 0 Å². The van der Waals surface area contributed by atoms with Crippen LogP contribution in [0.4, 0.5) is 5.69 Å². The van der Waals surface area contributed by atoms with Crippen molar-refractivity contribution >= 4 is 34.1 Å². The van der Waals surface area contributed by atoms with E-state index in [-0.39, 0.29) is 41.3 Å². The molecule has 136 valence electrons. The molecule has 1 N–H and O–H groups in total. The van der Waals surface area contributed by atoms with Gasteiger partial charge >= 0.3 is 5.97 Å². The van der Waals surface area contributed by atoms with E-state index >= 15 is 0 Å². The van der Waals surface area contributed by atoms with Crippen LogP contribution in [0.25, 0.3) is 0 Å². The maximum absolute atomic E-state index is 12.4. The quantitative estimate of drug-likeness (QED) is 0.758. The predicted octanol–water partition coefficient (Wildman–Crippen LogP) is 1.46. The molecule has 1 aromatic heterocycles. The number of furan rings is 1. The molecule has 2 aromatic rings. The number of hydrogen-bond acceptors (Lipinski definition) is 6. The van der Waals surface area contributed by atoms with Gasteiger partial charge in [-0.1, -0.05) is 0 Å². The molecule has 0 saturated heterocycles. The Labute approximate surface area is 150 Å². The zero-order valence-corrected chi connectivity index (χ0v) is 14.6. The fourth-order valence-corrected chi connectivity index (χ4v) is 3.49. The van der Waals surface area contributed by atoms with Crippen molar-refractivity contribution in [3.63, 3.8) is 0 Å². The first-order chi connectivity index (χ1) is 12.3. The Morgan fingerprint density at radius 1 is 1.27 bits per heavy atom. The lowest BCUT2D eigenvalue weighted by atomic mass is 10.1. The van der Waals surface area contributed by atoms with Crippen molar-refractivity contribution < 1.29 is 32.9 Å². The summed E-state index contributed by atoms with van der Waals surface area (Å²) in [5.41, 5.74) is 0.794. The van der Waals surface area contributed by atoms with Gasteiger partial charge in [0.15, 0.2) is 12.4 Å². The molecule has 1 aliphatic rings. The lowest BCUT2D eigenvalue weighted by Gasteiger charge is -2.26. The van der Waals surface area contributed by atoms with Gasteiger partial charge in [-0.25, -0.2) is 4.79 Å². The topological polar surface area (TPSA) is 114 Å². The van der Waals surface area contributed by atoms with E-state index < -0.39 is 16.8 Å². The number of Topliss-reactive ketones (excluding diaryl/α,β-unsaturated/α-hetero) is 1. The highest BCUT2D eigenvalue weighted by Crippen LogP contribution is 2.32. The third-order valence-electron chi connectivity index (χ3n) is 3.84. The smallest absolute Gasteiger partial charge is 0.371 e. The number of benzene rings is 1. The molecule has 0 radical (unpaired) electrons. The summed E-state index contributed by atoms with van der Waals surface area (Å²) >= 11 is 0. The molecule has 9 heteroatoms. The van der Waals surface area contributed by atoms with Crippen molar-refractivity contribution in [2.24, 2.45) is 0 Å². The van der Waals surface area contributed by atoms with E-state index in [1.54, 1.807) is 19.2 Å². The molecule has 1 unspecified atom stereocenters. The van der Waals surface area contributed by atoms with Crippen LogP contribution < -0.4 is 9.64 Å². The first-order valence-electron chi connectivity index (χ1n) is 7.58. The largest absolute Gasteiger partial charge is 0.482 e. The molecule has 0 spiro atoms. The first-order valence-corrected chi connectivity index (χ1v) is 9.07. The van der Waals surface area contributed by atoms with Crippen molar-refractivity contribution in [2.75, 3.05) is 24.3 Å². The normalized spacial score (nSPS) is 14.5. The van der Waals surface area contributed by atoms with E-state index in [0.717, 1.165) is 0 Å². The zero-order valence-electron chi connectivity index (χ0n) is 13.8. The van der Waals surface area contributed by atoms with Crippen molar-refractivity contribution in [3.8, 4) is 5.75 Å². The van der Waals surface area contributed by atoms with Crippen molar-refractivity contribution in [1.29, 1.82) is 0 Å². The molecule has 1 amide bonds. The van der Waals surface area contributed by atoms with Crippen molar-refractivity contribution in [3.05, 3.63) is 47.4 Å². The van der Waals surface area contributed by atoms with Crippen LogP contribution in [0, 0.1) is 0 Å². The summed E-state index contributed by atoms with van der Waals surface area (Å²) < 4.78 is 22.5. The molecule has 1 aromatic carbocycles. The third kappa shape index (κ3) is 3.67. The zero-order chi connectivity index (χ0) is 18.8. The van der Waals surface area contributed by atoms with Crippen LogP contribution in [0.3, 0.4) is 0 Å². The Hall–Kier alpha value is -2.94. The number of carboxylic acids is 1. The van der Waals surface area contributed by atoms with Crippen molar-refractivity contribution in [1.82, 2.24) is 0 Å². The number of nitrogens with zero attached hydrogens (tertiary/aromatic N) is 1. The minimum atomic E-state index is -1.57. The monoisotopic (exact) mass is 377 g/mol. The number of aromatic carboxylic acids is 1. The highest BCUT2D eigenvalue weighted by molar-refractivity contribution is 7.85. The summed E-state index contributed by atoms with van der Waals surface area (Å²) in [5, 5.41) is 8.80. The number of likely N-dealkylation sites (N-methyl/N-ethyl adjacent to an activating group) is 1. The third-order valence-corrected chi connectivity index (χ3v) is 5.03. The molecular formula is C17H15NO7S. The van der Waals surface area contributed by atoms with Crippen LogP contribution >= 0.6 is 0 Å². The van der Waals surface area contributed by atoms with Gasteiger partial charge in [0.25, 0.3) is 5.91 Å². The van der Waals surface area contributed by atoms with Crippen LogP contribution in [-0.2, 0) is 21.3 Å². The second kappa shape index (κ2) is 7.12. The van der Waals surface area contributed by atoms with Crippen LogP contribution in [0.15, 0.2) is 34.7 Å². The maximum Gasteiger partial charge on any atom is 0.371 e. The van der Waals surface area contributed by atoms with Gasteiger partial charge in [0.2, 0.25) is 5.76 Å². The Balaban J connectivity index is 1.68. The number of anilines is 1. The SMILES string of the molecule is CN1C(=O)COc2ccc(C(=O)CS(=O)Cc3ccc(C(=O)O)o3)cc21. The van der Waals surface area contributed by atoms with E-state index in [1.807, 2.05) is 0 Å². The molecule has 0 fully saturated rings. The van der Waals surface area contributed by atoms with Gasteiger partial charge in [0.05, 0.1) is 17.2 Å². The number of carboxylic acid groups (broad SMARTS) is 1. The Kier molecular flexibility index (Phi) is 4.90. The average Bonchev–Trinajstić information content (AvgIpc) is 3.06. The maximum atomic E-state index is 12.4. The minimum Gasteiger partial charge on any atom is -0.482 e. The molecule has 3 rings (SSSR count). The van der Waals surface area contributed by atoms with E-state index in [4.69, 9.17) is 14.3 Å². The van der Waals surface area contributed by atoms with E-state index in [0.29, 0.717) is 17.0 Å². The fourth-order valence-electron chi connectivity index (χ4n) is 2.46. The fraction of sp³-hybridized carbons (Fsp3) is 0.235. The average molecular weight is 377 g/mol. The number of hydrogen-bond donors (Lipinski definition) is 1. The number of fused-ring (bicyclic) bond motifs is 1. The summed E-state index contributed by atoms with van der Waals surface area (Å²) in [6.07, 6.45) is 0. The molecule has 26 heavy (non-hydrogen) atoms. The highest BCUT2D eigenvalue weighted by atomic mass is 32.2. The molecule has 8 nitrogen and oxygen atoms in total. The molecule has 0 aliphatic carbocycles. The van der Waals surface area contributed by atoms with Gasteiger partial charge in [0, 0.05) is 23.4 Å². The second-order valence-electron chi connectivity index (χ2n) is 5.65. The van der Waals surface area contributed by atoms with Crippen LogP contribution in [0.5, 0.6) is 5.75 Å². The number of rotatable bonds is 6. The number of carbonyl (C=O) groups is 3. The standard InChI is InChI=1S/C17H15NO7S/c1-18-12-6-10(2-4-14(12)24-7-16(18)20)13(19)9-26(23)8-11-3-5-15(25-11)17(21)22/h2-6H,7-9H2,1H3,(H,21,22). The van der Waals surface area contributed by atoms with Gasteiger partial charge in [-0.2, -0.15) is 0 Å². The van der Waals surface area contributed by atoms with E-state index in [1.165, 1.54) is 23.1 Å². The second-order valence-corrected chi connectivity index (χ2v) is 7.10. The predicted molar refractivity (Wildman–Crippen MR) is 92.1 cm³/mol. The number of ketones is 1. The van der Waals surface area contributed by atoms with E-state index in [2.05, 4.69) is 0 Å². The van der Waals surface area contributed by atoms with Crippen molar-refractivity contribution in [2.45, 2.75) is 5.75 Å². The van der Waals surface area contributed by atoms with Gasteiger partial charge < -0.3 is 19.2 Å². The van der Waals surface area contributed by atoms with Gasteiger partial charge in [-0.05, 0) is 30.3 Å². The highest BCUT2D eigenvalue weighted by Gasteiger charge is 2.24. The lowest BCUT2D eigenvalue weighted by molar-refractivity contribution is -0.121. The minimum absolute atomic E-state index is 0.0533. The molecule has 0 bridgehead atoms. The number of amides is 1. The Bertz CT molecular complexity index is 918. The van der Waals surface area contributed by atoms with Gasteiger partial charge in [-0.3, -0.25) is 13.8 Å². The summed E-state index contributed by atoms with van der Waals surface area (Å²) in [4.78, 5) is 36.2. The number of carbonyl (C=O) groups excluding carboxylic acids is 2. The summed E-state index contributed by atoms with van der Waals surface area (Å²) in [6, 6.07) is 7.37. The summed E-state index contributed by atoms with van der Waals surface area (Å²) in [5.74, 6) is -1.62. The van der Waals surface area contributed by atoms with E-state index in [9.17, 15) is 18.6 Å². The molecule has 1 atom stereocenters. The number of ether oxygens (including phenoxy) is 1. The lowest BCUT2D eigenvalue weighted by Crippen LogP contribution is -2.35. The van der Waals surface area contributed by atoms with Crippen LogP contribution in [-0.4, -0.2) is 46.4 Å². The Morgan fingerprint density at radius 2 is 2.04 bits per heavy atom. The summed E-state index contributed by atoms with van der Waals surface area (Å²) in [7, 11) is 0.0234. The Morgan fingerprint density at radius 3 is 2.73 bits per heavy atom. The molecule has 0 saturated carbocycles. The van der Waals surface area contributed by atoms with Gasteiger partial charge in [0.1, 0.15) is 11.5 Å². The molecule has 1 aliphatic heterocycles. The van der Waals surface area contributed by atoms with Gasteiger partial charge in [-0.15, -0.1) is 0 Å².